The van der Waals surface area contributed by atoms with Crippen molar-refractivity contribution in [1.82, 2.24) is 0 Å². The predicted octanol–water partition coefficient (Wildman–Crippen LogP) is 4.74. The summed E-state index contributed by atoms with van der Waals surface area (Å²) in [4.78, 5) is 2.27. The first-order chi connectivity index (χ1) is 7.58. The zero-order chi connectivity index (χ0) is 11.7. The van der Waals surface area contributed by atoms with Gasteiger partial charge in [-0.1, -0.05) is 29.3 Å². The molecule has 1 aromatic carbocycles. The van der Waals surface area contributed by atoms with Crippen molar-refractivity contribution >= 4 is 34.5 Å². The highest BCUT2D eigenvalue weighted by molar-refractivity contribution is 7.15. The fourth-order valence-electron chi connectivity index (χ4n) is 1.43. The molecule has 0 aliphatic rings. The number of nitrogens with two attached hydrogens (primary N) is 1. The minimum atomic E-state index is 0.0600. The maximum absolute atomic E-state index is 6.14. The molecule has 0 radical (unpaired) electrons. The first-order valence-corrected chi connectivity index (χ1v) is 6.46. The monoisotopic (exact) mass is 271 g/mol. The molecule has 1 aromatic heterocycles. The number of rotatable bonds is 2. The Kier molecular flexibility index (Phi) is 3.55. The van der Waals surface area contributed by atoms with Gasteiger partial charge in [0.1, 0.15) is 0 Å². The van der Waals surface area contributed by atoms with Gasteiger partial charge in [0.15, 0.2) is 0 Å². The SMILES string of the molecule is CC(N)c1ccc(-c2ccc(Cl)cc2Cl)s1. The van der Waals surface area contributed by atoms with Gasteiger partial charge in [-0.25, -0.2) is 0 Å². The van der Waals surface area contributed by atoms with Crippen molar-refractivity contribution in [1.29, 1.82) is 0 Å². The molecule has 2 N–H and O–H groups in total. The highest BCUT2D eigenvalue weighted by Crippen LogP contribution is 2.36. The Morgan fingerprint density at radius 2 is 1.94 bits per heavy atom. The van der Waals surface area contributed by atoms with E-state index < -0.39 is 0 Å². The maximum Gasteiger partial charge on any atom is 0.0507 e. The summed E-state index contributed by atoms with van der Waals surface area (Å²) < 4.78 is 0. The van der Waals surface area contributed by atoms with Crippen molar-refractivity contribution in [2.75, 3.05) is 0 Å². The standard InChI is InChI=1S/C12H11Cl2NS/c1-7(15)11-4-5-12(16-11)9-3-2-8(13)6-10(9)14/h2-7H,15H2,1H3. The summed E-state index contributed by atoms with van der Waals surface area (Å²) in [6.45, 7) is 1.97. The van der Waals surface area contributed by atoms with Crippen LogP contribution in [0.25, 0.3) is 10.4 Å². The Morgan fingerprint density at radius 3 is 2.50 bits per heavy atom. The van der Waals surface area contributed by atoms with Crippen LogP contribution >= 0.6 is 34.5 Å². The fraction of sp³-hybridized carbons (Fsp3) is 0.167. The quantitative estimate of drug-likeness (QED) is 0.839. The molecule has 84 valence electrons. The molecular weight excluding hydrogens is 261 g/mol. The summed E-state index contributed by atoms with van der Waals surface area (Å²) in [5.41, 5.74) is 6.83. The molecule has 1 nitrogen and oxygen atoms in total. The van der Waals surface area contributed by atoms with Crippen LogP contribution in [-0.4, -0.2) is 0 Å². The molecule has 0 saturated heterocycles. The zero-order valence-electron chi connectivity index (χ0n) is 8.71. The van der Waals surface area contributed by atoms with Crippen molar-refractivity contribution in [2.24, 2.45) is 5.73 Å². The van der Waals surface area contributed by atoms with Gasteiger partial charge in [0.2, 0.25) is 0 Å². The fourth-order valence-corrected chi connectivity index (χ4v) is 3.00. The third kappa shape index (κ3) is 2.41. The number of benzene rings is 1. The largest absolute Gasteiger partial charge is 0.324 e. The summed E-state index contributed by atoms with van der Waals surface area (Å²) in [7, 11) is 0. The molecular formula is C12H11Cl2NS. The molecule has 2 rings (SSSR count). The van der Waals surface area contributed by atoms with Crippen LogP contribution in [0.2, 0.25) is 10.0 Å². The van der Waals surface area contributed by atoms with Crippen molar-refractivity contribution < 1.29 is 0 Å². The second kappa shape index (κ2) is 4.76. The van der Waals surface area contributed by atoms with E-state index in [1.807, 2.05) is 31.2 Å². The summed E-state index contributed by atoms with van der Waals surface area (Å²) in [5, 5.41) is 1.32. The average molecular weight is 272 g/mol. The van der Waals surface area contributed by atoms with Crippen LogP contribution in [-0.2, 0) is 0 Å². The van der Waals surface area contributed by atoms with Crippen molar-refractivity contribution in [3.05, 3.63) is 45.3 Å². The molecule has 1 unspecified atom stereocenters. The molecule has 0 amide bonds. The summed E-state index contributed by atoms with van der Waals surface area (Å²) >= 11 is 13.7. The summed E-state index contributed by atoms with van der Waals surface area (Å²) in [6, 6.07) is 9.66. The second-order valence-electron chi connectivity index (χ2n) is 3.61. The Labute approximate surface area is 109 Å². The number of halogens is 2. The lowest BCUT2D eigenvalue weighted by atomic mass is 10.2. The van der Waals surface area contributed by atoms with Crippen LogP contribution in [0.5, 0.6) is 0 Å². The molecule has 0 spiro atoms. The predicted molar refractivity (Wildman–Crippen MR) is 72.4 cm³/mol. The van der Waals surface area contributed by atoms with Crippen LogP contribution in [0.1, 0.15) is 17.8 Å². The molecule has 0 saturated carbocycles. The van der Waals surface area contributed by atoms with Gasteiger partial charge in [-0.05, 0) is 31.2 Å². The van der Waals surface area contributed by atoms with Gasteiger partial charge in [0.05, 0.1) is 5.02 Å². The lowest BCUT2D eigenvalue weighted by Crippen LogP contribution is -2.01. The molecule has 0 aliphatic carbocycles. The van der Waals surface area contributed by atoms with Gasteiger partial charge in [0.25, 0.3) is 0 Å². The normalized spacial score (nSPS) is 12.8. The highest BCUT2D eigenvalue weighted by Gasteiger charge is 2.09. The van der Waals surface area contributed by atoms with E-state index >= 15 is 0 Å². The first kappa shape index (κ1) is 11.9. The molecule has 0 bridgehead atoms. The van der Waals surface area contributed by atoms with Gasteiger partial charge in [-0.15, -0.1) is 11.3 Å². The topological polar surface area (TPSA) is 26.0 Å². The van der Waals surface area contributed by atoms with Crippen molar-refractivity contribution in [3.8, 4) is 10.4 Å². The Balaban J connectivity index is 2.42. The van der Waals surface area contributed by atoms with E-state index in [1.165, 1.54) is 0 Å². The molecule has 0 fully saturated rings. The second-order valence-corrected chi connectivity index (χ2v) is 5.57. The Hall–Kier alpha value is -0.540. The number of thiophene rings is 1. The van der Waals surface area contributed by atoms with Crippen molar-refractivity contribution in [3.63, 3.8) is 0 Å². The average Bonchev–Trinajstić information content (AvgIpc) is 2.66. The minimum Gasteiger partial charge on any atom is -0.324 e. The van der Waals surface area contributed by atoms with Gasteiger partial charge in [-0.3, -0.25) is 0 Å². The lowest BCUT2D eigenvalue weighted by Gasteiger charge is -2.02. The molecule has 2 aromatic rings. The Morgan fingerprint density at radius 1 is 1.19 bits per heavy atom. The van der Waals surface area contributed by atoms with E-state index in [4.69, 9.17) is 28.9 Å². The first-order valence-electron chi connectivity index (χ1n) is 4.88. The van der Waals surface area contributed by atoms with Crippen LogP contribution < -0.4 is 5.73 Å². The maximum atomic E-state index is 6.14. The zero-order valence-corrected chi connectivity index (χ0v) is 11.0. The third-order valence-electron chi connectivity index (χ3n) is 2.27. The molecule has 0 aliphatic heterocycles. The third-order valence-corrected chi connectivity index (χ3v) is 4.14. The van der Waals surface area contributed by atoms with E-state index in [1.54, 1.807) is 17.4 Å². The van der Waals surface area contributed by atoms with Crippen LogP contribution in [0.4, 0.5) is 0 Å². The van der Waals surface area contributed by atoms with Gasteiger partial charge < -0.3 is 5.73 Å². The van der Waals surface area contributed by atoms with E-state index in [-0.39, 0.29) is 6.04 Å². The van der Waals surface area contributed by atoms with E-state index in [0.717, 1.165) is 15.3 Å². The molecule has 16 heavy (non-hydrogen) atoms. The molecule has 1 heterocycles. The number of hydrogen-bond donors (Lipinski definition) is 1. The van der Waals surface area contributed by atoms with Crippen LogP contribution in [0.15, 0.2) is 30.3 Å². The minimum absolute atomic E-state index is 0.0600. The van der Waals surface area contributed by atoms with Crippen molar-refractivity contribution in [2.45, 2.75) is 13.0 Å². The summed E-state index contributed by atoms with van der Waals surface area (Å²) in [6.07, 6.45) is 0. The van der Waals surface area contributed by atoms with E-state index in [9.17, 15) is 0 Å². The van der Waals surface area contributed by atoms with Crippen LogP contribution in [0.3, 0.4) is 0 Å². The number of hydrogen-bond acceptors (Lipinski definition) is 2. The lowest BCUT2D eigenvalue weighted by molar-refractivity contribution is 0.838. The van der Waals surface area contributed by atoms with Gasteiger partial charge in [-0.2, -0.15) is 0 Å². The highest BCUT2D eigenvalue weighted by atomic mass is 35.5. The molecule has 1 atom stereocenters. The molecule has 4 heteroatoms. The summed E-state index contributed by atoms with van der Waals surface area (Å²) in [5.74, 6) is 0. The Bertz CT molecular complexity index is 505. The van der Waals surface area contributed by atoms with Gasteiger partial charge in [0, 0.05) is 26.4 Å². The smallest absolute Gasteiger partial charge is 0.0507 e. The van der Waals surface area contributed by atoms with E-state index in [0.29, 0.717) is 10.0 Å². The van der Waals surface area contributed by atoms with Gasteiger partial charge >= 0.3 is 0 Å². The van der Waals surface area contributed by atoms with E-state index in [2.05, 4.69) is 0 Å². The van der Waals surface area contributed by atoms with Crippen LogP contribution in [0, 0.1) is 0 Å².